The number of benzene rings is 1. The Morgan fingerprint density at radius 3 is 2.67 bits per heavy atom. The zero-order chi connectivity index (χ0) is 17.4. The van der Waals surface area contributed by atoms with Crippen molar-refractivity contribution in [2.75, 3.05) is 24.3 Å². The molecule has 1 aromatic heterocycles. The maximum atomic E-state index is 12.2. The predicted molar refractivity (Wildman–Crippen MR) is 93.4 cm³/mol. The van der Waals surface area contributed by atoms with Crippen molar-refractivity contribution in [3.63, 3.8) is 0 Å². The number of hydrogen-bond donors (Lipinski definition) is 2. The third-order valence-corrected chi connectivity index (χ3v) is 3.40. The highest BCUT2D eigenvalue weighted by atomic mass is 16.5. The Morgan fingerprint density at radius 1 is 1.17 bits per heavy atom. The molecule has 2 rings (SSSR count). The summed E-state index contributed by atoms with van der Waals surface area (Å²) in [5.41, 5.74) is 2.07. The fourth-order valence-corrected chi connectivity index (χ4v) is 2.08. The second kappa shape index (κ2) is 8.67. The first kappa shape index (κ1) is 17.5. The van der Waals surface area contributed by atoms with Crippen molar-refractivity contribution in [1.29, 1.82) is 0 Å². The van der Waals surface area contributed by atoms with Gasteiger partial charge in [0.1, 0.15) is 5.69 Å². The number of unbranched alkanes of at least 4 members (excludes halogenated alkanes) is 1. The molecule has 2 N–H and O–H groups in total. The highest BCUT2D eigenvalue weighted by Crippen LogP contribution is 2.13. The zero-order valence-electron chi connectivity index (χ0n) is 13.8. The molecule has 0 bridgehead atoms. The number of carbonyl (C=O) groups excluding carboxylic acids is 2. The molecular formula is C18H21N3O3. The molecule has 126 valence electrons. The van der Waals surface area contributed by atoms with Crippen LogP contribution in [0.3, 0.4) is 0 Å². The molecule has 0 atom stereocenters. The van der Waals surface area contributed by atoms with Crippen molar-refractivity contribution < 1.29 is 14.3 Å². The summed E-state index contributed by atoms with van der Waals surface area (Å²) in [4.78, 5) is 27.9. The van der Waals surface area contributed by atoms with Gasteiger partial charge in [-0.15, -0.1) is 0 Å². The van der Waals surface area contributed by atoms with E-state index >= 15 is 0 Å². The molecule has 0 aliphatic rings. The van der Waals surface area contributed by atoms with Gasteiger partial charge in [-0.05, 0) is 36.8 Å². The predicted octanol–water partition coefficient (Wildman–Crippen LogP) is 3.33. The van der Waals surface area contributed by atoms with Crippen molar-refractivity contribution in [1.82, 2.24) is 4.98 Å². The molecule has 0 unspecified atom stereocenters. The Balaban J connectivity index is 2.00. The largest absolute Gasteiger partial charge is 0.465 e. The van der Waals surface area contributed by atoms with Crippen molar-refractivity contribution >= 4 is 23.3 Å². The van der Waals surface area contributed by atoms with E-state index < -0.39 is 5.97 Å². The summed E-state index contributed by atoms with van der Waals surface area (Å²) < 4.78 is 4.66. The first-order valence-corrected chi connectivity index (χ1v) is 7.83. The Bertz CT molecular complexity index is 699. The number of anilines is 2. The van der Waals surface area contributed by atoms with Gasteiger partial charge in [0, 0.05) is 12.2 Å². The normalized spacial score (nSPS) is 10.1. The van der Waals surface area contributed by atoms with E-state index in [0.29, 0.717) is 16.9 Å². The van der Waals surface area contributed by atoms with Crippen LogP contribution in [0.15, 0.2) is 42.6 Å². The van der Waals surface area contributed by atoms with Crippen LogP contribution >= 0.6 is 0 Å². The molecule has 0 saturated heterocycles. The second-order valence-corrected chi connectivity index (χ2v) is 5.24. The highest BCUT2D eigenvalue weighted by Gasteiger charge is 2.10. The number of amides is 1. The van der Waals surface area contributed by atoms with E-state index in [4.69, 9.17) is 0 Å². The number of nitrogens with zero attached hydrogens (tertiary/aromatic N) is 1. The lowest BCUT2D eigenvalue weighted by atomic mass is 10.2. The average molecular weight is 327 g/mol. The number of ether oxygens (including phenoxy) is 1. The van der Waals surface area contributed by atoms with E-state index in [2.05, 4.69) is 27.3 Å². The monoisotopic (exact) mass is 327 g/mol. The van der Waals surface area contributed by atoms with Crippen molar-refractivity contribution in [3.8, 4) is 0 Å². The van der Waals surface area contributed by atoms with E-state index in [9.17, 15) is 9.59 Å². The van der Waals surface area contributed by atoms with Gasteiger partial charge < -0.3 is 15.4 Å². The van der Waals surface area contributed by atoms with Crippen LogP contribution in [-0.2, 0) is 4.74 Å². The van der Waals surface area contributed by atoms with Gasteiger partial charge in [0.2, 0.25) is 0 Å². The quantitative estimate of drug-likeness (QED) is 0.602. The molecule has 1 amide bonds. The summed E-state index contributed by atoms with van der Waals surface area (Å²) in [6, 6.07) is 10.0. The smallest absolute Gasteiger partial charge is 0.337 e. The summed E-state index contributed by atoms with van der Waals surface area (Å²) in [6.07, 6.45) is 3.83. The van der Waals surface area contributed by atoms with Crippen LogP contribution in [0.4, 0.5) is 11.4 Å². The second-order valence-electron chi connectivity index (χ2n) is 5.24. The van der Waals surface area contributed by atoms with Crippen molar-refractivity contribution in [3.05, 3.63) is 53.9 Å². The Morgan fingerprint density at radius 2 is 2.00 bits per heavy atom. The highest BCUT2D eigenvalue weighted by molar-refractivity contribution is 6.03. The molecule has 0 saturated carbocycles. The summed E-state index contributed by atoms with van der Waals surface area (Å²) in [5.74, 6) is -0.788. The van der Waals surface area contributed by atoms with Crippen LogP contribution in [0, 0.1) is 0 Å². The molecule has 1 heterocycles. The minimum Gasteiger partial charge on any atom is -0.465 e. The number of rotatable bonds is 7. The first-order valence-electron chi connectivity index (χ1n) is 7.83. The van der Waals surface area contributed by atoms with Gasteiger partial charge in [-0.25, -0.2) is 9.78 Å². The van der Waals surface area contributed by atoms with E-state index in [1.54, 1.807) is 36.5 Å². The van der Waals surface area contributed by atoms with Crippen LogP contribution in [0.5, 0.6) is 0 Å². The summed E-state index contributed by atoms with van der Waals surface area (Å²) >= 11 is 0. The summed E-state index contributed by atoms with van der Waals surface area (Å²) in [7, 11) is 1.31. The molecular weight excluding hydrogens is 306 g/mol. The average Bonchev–Trinajstić information content (AvgIpc) is 2.62. The molecule has 6 nitrogen and oxygen atoms in total. The van der Waals surface area contributed by atoms with Crippen molar-refractivity contribution in [2.45, 2.75) is 19.8 Å². The van der Waals surface area contributed by atoms with Crippen LogP contribution < -0.4 is 10.6 Å². The topological polar surface area (TPSA) is 80.3 Å². The Hall–Kier alpha value is -2.89. The van der Waals surface area contributed by atoms with Gasteiger partial charge in [0.25, 0.3) is 5.91 Å². The molecule has 24 heavy (non-hydrogen) atoms. The fraction of sp³-hybridized carbons (Fsp3) is 0.278. The van der Waals surface area contributed by atoms with Crippen LogP contribution in [0.2, 0.25) is 0 Å². The zero-order valence-corrected chi connectivity index (χ0v) is 13.8. The van der Waals surface area contributed by atoms with Crippen LogP contribution in [-0.4, -0.2) is 30.5 Å². The van der Waals surface area contributed by atoms with E-state index in [1.807, 2.05) is 6.07 Å². The molecule has 0 radical (unpaired) electrons. The molecule has 0 fully saturated rings. The molecule has 6 heteroatoms. The maximum Gasteiger partial charge on any atom is 0.337 e. The molecule has 2 aromatic rings. The third kappa shape index (κ3) is 4.81. The standard InChI is InChI=1S/C18H21N3O3/c1-3-4-10-19-15-8-9-16(20-12-15)17(22)21-14-7-5-6-13(11-14)18(23)24-2/h5-9,11-12,19H,3-4,10H2,1-2H3,(H,21,22). The lowest BCUT2D eigenvalue weighted by Crippen LogP contribution is -2.14. The minimum atomic E-state index is -0.452. The number of pyridine rings is 1. The number of methoxy groups -OCH3 is 1. The number of aromatic nitrogens is 1. The molecule has 0 aliphatic heterocycles. The molecule has 0 spiro atoms. The Labute approximate surface area is 141 Å². The SMILES string of the molecule is CCCCNc1ccc(C(=O)Nc2cccc(C(=O)OC)c2)nc1. The van der Waals surface area contributed by atoms with Gasteiger partial charge >= 0.3 is 5.97 Å². The minimum absolute atomic E-state index is 0.305. The first-order chi connectivity index (χ1) is 11.6. The van der Waals surface area contributed by atoms with Crippen molar-refractivity contribution in [2.24, 2.45) is 0 Å². The van der Waals surface area contributed by atoms with Gasteiger partial charge in [0.15, 0.2) is 0 Å². The van der Waals surface area contributed by atoms with Crippen LogP contribution in [0.25, 0.3) is 0 Å². The number of nitrogens with one attached hydrogen (secondary N) is 2. The number of esters is 1. The molecule has 0 aliphatic carbocycles. The number of hydrogen-bond acceptors (Lipinski definition) is 5. The van der Waals surface area contributed by atoms with Gasteiger partial charge in [-0.1, -0.05) is 19.4 Å². The van der Waals surface area contributed by atoms with E-state index in [0.717, 1.165) is 25.1 Å². The van der Waals surface area contributed by atoms with Gasteiger partial charge in [-0.2, -0.15) is 0 Å². The van der Waals surface area contributed by atoms with E-state index in [1.165, 1.54) is 7.11 Å². The third-order valence-electron chi connectivity index (χ3n) is 3.40. The molecule has 1 aromatic carbocycles. The van der Waals surface area contributed by atoms with Gasteiger partial charge in [0.05, 0.1) is 24.6 Å². The fourth-order valence-electron chi connectivity index (χ4n) is 2.08. The summed E-state index contributed by atoms with van der Waals surface area (Å²) in [5, 5.41) is 5.96. The summed E-state index contributed by atoms with van der Waals surface area (Å²) in [6.45, 7) is 3.01. The lowest BCUT2D eigenvalue weighted by Gasteiger charge is -2.08. The lowest BCUT2D eigenvalue weighted by molar-refractivity contribution is 0.0600. The number of carbonyl (C=O) groups is 2. The van der Waals surface area contributed by atoms with E-state index in [-0.39, 0.29) is 5.91 Å². The van der Waals surface area contributed by atoms with Gasteiger partial charge in [-0.3, -0.25) is 4.79 Å². The van der Waals surface area contributed by atoms with Crippen LogP contribution in [0.1, 0.15) is 40.6 Å². The maximum absolute atomic E-state index is 12.2. The Kier molecular flexibility index (Phi) is 6.31.